The summed E-state index contributed by atoms with van der Waals surface area (Å²) in [5.74, 6) is 2.11. The summed E-state index contributed by atoms with van der Waals surface area (Å²) >= 11 is 6.09. The molecular weight excluding hydrogens is 374 g/mol. The van der Waals surface area contributed by atoms with Crippen LogP contribution in [0, 0.1) is 6.92 Å². The first-order valence-corrected chi connectivity index (χ1v) is 10.1. The van der Waals surface area contributed by atoms with Gasteiger partial charge in [-0.05, 0) is 49.7 Å². The van der Waals surface area contributed by atoms with E-state index in [4.69, 9.17) is 21.3 Å². The zero-order chi connectivity index (χ0) is 19.7. The second-order valence-electron chi connectivity index (χ2n) is 7.20. The summed E-state index contributed by atoms with van der Waals surface area (Å²) in [6.07, 6.45) is 0.522. The molecule has 28 heavy (non-hydrogen) atoms. The number of benzene rings is 2. The van der Waals surface area contributed by atoms with Crippen LogP contribution in [0.3, 0.4) is 0 Å². The highest BCUT2D eigenvalue weighted by Gasteiger charge is 2.33. The van der Waals surface area contributed by atoms with E-state index in [9.17, 15) is 4.79 Å². The van der Waals surface area contributed by atoms with Crippen LogP contribution in [-0.4, -0.2) is 40.1 Å². The van der Waals surface area contributed by atoms with E-state index in [-0.39, 0.29) is 11.8 Å². The van der Waals surface area contributed by atoms with Crippen LogP contribution in [0.5, 0.6) is 5.75 Å². The van der Waals surface area contributed by atoms with Gasteiger partial charge < -0.3 is 14.2 Å². The monoisotopic (exact) mass is 397 g/mol. The highest BCUT2D eigenvalue weighted by atomic mass is 35.5. The molecule has 1 saturated heterocycles. The molecule has 0 radical (unpaired) electrons. The fourth-order valence-electron chi connectivity index (χ4n) is 3.85. The summed E-state index contributed by atoms with van der Waals surface area (Å²) in [6.45, 7) is 6.66. The van der Waals surface area contributed by atoms with Gasteiger partial charge in [0.15, 0.2) is 0 Å². The summed E-state index contributed by atoms with van der Waals surface area (Å²) in [5, 5.41) is 0.738. The maximum atomic E-state index is 12.2. The smallest absolute Gasteiger partial charge is 0.223 e. The van der Waals surface area contributed by atoms with Crippen molar-refractivity contribution < 1.29 is 9.53 Å². The minimum Gasteiger partial charge on any atom is -0.492 e. The molecule has 1 amide bonds. The van der Waals surface area contributed by atoms with E-state index in [1.54, 1.807) is 0 Å². The lowest BCUT2D eigenvalue weighted by molar-refractivity contribution is -0.127. The number of nitrogens with zero attached hydrogens (tertiary/aromatic N) is 3. The molecule has 1 atom stereocenters. The maximum Gasteiger partial charge on any atom is 0.223 e. The Hall–Kier alpha value is -2.53. The van der Waals surface area contributed by atoms with Gasteiger partial charge in [-0.3, -0.25) is 4.79 Å². The number of likely N-dealkylation sites (tertiary alicyclic amines) is 1. The number of likely N-dealkylation sites (N-methyl/N-ethyl adjacent to an activating group) is 1. The molecule has 0 bridgehead atoms. The van der Waals surface area contributed by atoms with Crippen LogP contribution in [0.1, 0.15) is 30.7 Å². The predicted octanol–water partition coefficient (Wildman–Crippen LogP) is 4.41. The van der Waals surface area contributed by atoms with Gasteiger partial charge in [0.2, 0.25) is 5.91 Å². The molecule has 5 nitrogen and oxygen atoms in total. The van der Waals surface area contributed by atoms with Gasteiger partial charge in [0.25, 0.3) is 0 Å². The van der Waals surface area contributed by atoms with Crippen molar-refractivity contribution in [1.82, 2.24) is 14.5 Å². The number of carbonyl (C=O) groups excluding carboxylic acids is 1. The molecule has 4 rings (SSSR count). The normalized spacial score (nSPS) is 16.9. The number of carbonyl (C=O) groups is 1. The summed E-state index contributed by atoms with van der Waals surface area (Å²) < 4.78 is 8.16. The number of amides is 1. The molecule has 1 fully saturated rings. The Balaban J connectivity index is 1.57. The van der Waals surface area contributed by atoms with Crippen molar-refractivity contribution in [2.24, 2.45) is 0 Å². The number of aromatic nitrogens is 2. The average molecular weight is 398 g/mol. The van der Waals surface area contributed by atoms with Crippen LogP contribution >= 0.6 is 11.6 Å². The molecule has 1 unspecified atom stereocenters. The third kappa shape index (κ3) is 3.59. The Labute approximate surface area is 169 Å². The van der Waals surface area contributed by atoms with Gasteiger partial charge in [0.05, 0.1) is 17.6 Å². The fourth-order valence-corrected chi connectivity index (χ4v) is 3.97. The number of hydrogen-bond acceptors (Lipinski definition) is 3. The fraction of sp³-hybridized carbons (Fsp3) is 0.364. The number of halogens is 1. The minimum atomic E-state index is 0.123. The second-order valence-corrected chi connectivity index (χ2v) is 7.61. The second kappa shape index (κ2) is 7.84. The molecule has 3 aromatic rings. The van der Waals surface area contributed by atoms with Crippen molar-refractivity contribution in [2.75, 3.05) is 19.7 Å². The Morgan fingerprint density at radius 3 is 2.82 bits per heavy atom. The Morgan fingerprint density at radius 1 is 1.25 bits per heavy atom. The van der Waals surface area contributed by atoms with Crippen LogP contribution in [0.2, 0.25) is 5.02 Å². The number of rotatable bonds is 6. The lowest BCUT2D eigenvalue weighted by Crippen LogP contribution is -2.24. The van der Waals surface area contributed by atoms with Gasteiger partial charge in [-0.25, -0.2) is 4.98 Å². The molecule has 1 aliphatic heterocycles. The highest BCUT2D eigenvalue weighted by Crippen LogP contribution is 2.30. The van der Waals surface area contributed by atoms with Crippen LogP contribution < -0.4 is 4.74 Å². The number of fused-ring (bicyclic) bond motifs is 1. The van der Waals surface area contributed by atoms with Crippen LogP contribution in [0.15, 0.2) is 42.5 Å². The number of aryl methyl sites for hydroxylation is 1. The Morgan fingerprint density at radius 2 is 2.07 bits per heavy atom. The molecular formula is C22H24ClN3O2. The Kier molecular flexibility index (Phi) is 5.27. The third-order valence-corrected chi connectivity index (χ3v) is 5.78. The Bertz CT molecular complexity index is 1010. The molecule has 146 valence electrons. The summed E-state index contributed by atoms with van der Waals surface area (Å²) in [7, 11) is 0. The lowest BCUT2D eigenvalue weighted by atomic mass is 10.1. The minimum absolute atomic E-state index is 0.123. The lowest BCUT2D eigenvalue weighted by Gasteiger charge is -2.16. The highest BCUT2D eigenvalue weighted by molar-refractivity contribution is 6.31. The quantitative estimate of drug-likeness (QED) is 0.618. The van der Waals surface area contributed by atoms with E-state index in [0.717, 1.165) is 46.3 Å². The number of ether oxygens (including phenoxy) is 1. The van der Waals surface area contributed by atoms with Gasteiger partial charge in [-0.1, -0.05) is 23.7 Å². The molecule has 1 aromatic heterocycles. The van der Waals surface area contributed by atoms with E-state index in [2.05, 4.69) is 10.6 Å². The van der Waals surface area contributed by atoms with Gasteiger partial charge in [-0.15, -0.1) is 0 Å². The van der Waals surface area contributed by atoms with Crippen LogP contribution in [0.25, 0.3) is 11.0 Å². The van der Waals surface area contributed by atoms with E-state index in [1.165, 1.54) is 0 Å². The molecule has 1 aliphatic rings. The molecule has 0 N–H and O–H groups in total. The molecule has 2 aromatic carbocycles. The van der Waals surface area contributed by atoms with Crippen molar-refractivity contribution >= 4 is 28.5 Å². The number of para-hydroxylation sites is 2. The average Bonchev–Trinajstić information content (AvgIpc) is 3.25. The van der Waals surface area contributed by atoms with E-state index in [1.807, 2.05) is 55.1 Å². The van der Waals surface area contributed by atoms with Crippen molar-refractivity contribution in [2.45, 2.75) is 32.7 Å². The molecule has 0 spiro atoms. The molecule has 6 heteroatoms. The topological polar surface area (TPSA) is 47.4 Å². The van der Waals surface area contributed by atoms with E-state index < -0.39 is 0 Å². The predicted molar refractivity (Wildman–Crippen MR) is 111 cm³/mol. The van der Waals surface area contributed by atoms with Crippen molar-refractivity contribution in [3.63, 3.8) is 0 Å². The summed E-state index contributed by atoms with van der Waals surface area (Å²) in [6, 6.07) is 13.8. The first-order valence-electron chi connectivity index (χ1n) is 9.68. The summed E-state index contributed by atoms with van der Waals surface area (Å²) in [5.41, 5.74) is 3.04. The van der Waals surface area contributed by atoms with E-state index in [0.29, 0.717) is 19.6 Å². The largest absolute Gasteiger partial charge is 0.492 e. The van der Waals surface area contributed by atoms with Gasteiger partial charge in [0, 0.05) is 30.5 Å². The SMILES string of the molecule is CCN1CC(c2nc3ccccc3n2CCOc2ccc(Cl)c(C)c2)CC1=O. The molecule has 2 heterocycles. The van der Waals surface area contributed by atoms with E-state index >= 15 is 0 Å². The van der Waals surface area contributed by atoms with Crippen molar-refractivity contribution in [3.8, 4) is 5.75 Å². The summed E-state index contributed by atoms with van der Waals surface area (Å²) in [4.78, 5) is 19.0. The zero-order valence-electron chi connectivity index (χ0n) is 16.2. The van der Waals surface area contributed by atoms with Crippen molar-refractivity contribution in [1.29, 1.82) is 0 Å². The number of imidazole rings is 1. The third-order valence-electron chi connectivity index (χ3n) is 5.36. The maximum absolute atomic E-state index is 12.2. The van der Waals surface area contributed by atoms with Crippen molar-refractivity contribution in [3.05, 3.63) is 58.9 Å². The van der Waals surface area contributed by atoms with Crippen LogP contribution in [-0.2, 0) is 11.3 Å². The van der Waals surface area contributed by atoms with Gasteiger partial charge in [0.1, 0.15) is 18.2 Å². The molecule has 0 aliphatic carbocycles. The first-order chi connectivity index (χ1) is 13.6. The van der Waals surface area contributed by atoms with Gasteiger partial charge >= 0.3 is 0 Å². The first kappa shape index (κ1) is 18.8. The standard InChI is InChI=1S/C22H24ClN3O2/c1-3-25-14-16(13-21(25)27)22-24-19-6-4-5-7-20(19)26(22)10-11-28-17-8-9-18(23)15(2)12-17/h4-9,12,16H,3,10-11,13-14H2,1-2H3. The van der Waals surface area contributed by atoms with Crippen LogP contribution in [0.4, 0.5) is 0 Å². The zero-order valence-corrected chi connectivity index (χ0v) is 16.9. The van der Waals surface area contributed by atoms with Gasteiger partial charge in [-0.2, -0.15) is 0 Å². The number of hydrogen-bond donors (Lipinski definition) is 0. The molecule has 0 saturated carbocycles.